The summed E-state index contributed by atoms with van der Waals surface area (Å²) in [5.74, 6) is -1.27. The van der Waals surface area contributed by atoms with Gasteiger partial charge in [-0.05, 0) is 55.2 Å². The van der Waals surface area contributed by atoms with Crippen LogP contribution in [0.25, 0.3) is 0 Å². The fourth-order valence-corrected chi connectivity index (χ4v) is 5.28. The van der Waals surface area contributed by atoms with Crippen molar-refractivity contribution < 1.29 is 28.2 Å². The van der Waals surface area contributed by atoms with Crippen LogP contribution in [0.4, 0.5) is 14.5 Å². The average Bonchev–Trinajstić information content (AvgIpc) is 3.34. The Kier molecular flexibility index (Phi) is 7.56. The number of carboxylic acids is 1. The molecular weight excluding hydrogens is 494 g/mol. The summed E-state index contributed by atoms with van der Waals surface area (Å²) in [6.45, 7) is 2.79. The van der Waals surface area contributed by atoms with Gasteiger partial charge in [0.1, 0.15) is 5.54 Å². The Morgan fingerprint density at radius 2 is 1.89 bits per heavy atom. The summed E-state index contributed by atoms with van der Waals surface area (Å²) in [4.78, 5) is 27.4. The Bertz CT molecular complexity index is 1110. The van der Waals surface area contributed by atoms with Crippen molar-refractivity contribution in [3.8, 4) is 5.75 Å². The van der Waals surface area contributed by atoms with Gasteiger partial charge in [-0.25, -0.2) is 0 Å². The zero-order valence-corrected chi connectivity index (χ0v) is 21.1. The highest BCUT2D eigenvalue weighted by atomic mass is 35.5. The zero-order valence-electron chi connectivity index (χ0n) is 20.3. The largest absolute Gasteiger partial charge is 0.481 e. The maximum atomic E-state index is 13.9. The molecule has 1 saturated heterocycles. The van der Waals surface area contributed by atoms with E-state index in [-0.39, 0.29) is 40.1 Å². The minimum absolute atomic E-state index is 0.100. The number of ether oxygens (including phenoxy) is 1. The molecule has 11 heteroatoms. The molecular formula is C25H31ClF2N4O4. The van der Waals surface area contributed by atoms with Gasteiger partial charge in [0.2, 0.25) is 0 Å². The first-order valence-electron chi connectivity index (χ1n) is 12.1. The highest BCUT2D eigenvalue weighted by molar-refractivity contribution is 6.30. The molecule has 0 spiro atoms. The molecule has 1 aromatic carbocycles. The third-order valence-corrected chi connectivity index (χ3v) is 7.46. The van der Waals surface area contributed by atoms with E-state index in [4.69, 9.17) is 11.6 Å². The predicted molar refractivity (Wildman–Crippen MR) is 131 cm³/mol. The molecule has 1 aliphatic heterocycles. The Labute approximate surface area is 213 Å². The molecule has 1 aliphatic carbocycles. The van der Waals surface area contributed by atoms with Crippen molar-refractivity contribution in [1.82, 2.24) is 14.7 Å². The molecule has 2 N–H and O–H groups in total. The Morgan fingerprint density at radius 1 is 1.19 bits per heavy atom. The van der Waals surface area contributed by atoms with Crippen molar-refractivity contribution in [3.63, 3.8) is 0 Å². The second-order valence-corrected chi connectivity index (χ2v) is 10.6. The van der Waals surface area contributed by atoms with Crippen molar-refractivity contribution >= 4 is 29.2 Å². The van der Waals surface area contributed by atoms with Crippen LogP contribution in [0.3, 0.4) is 0 Å². The third kappa shape index (κ3) is 5.64. The SMILES string of the molecule is CC(C)c1ccnn1C1(C(=O)Nc2ccc(Cl)cc2OC(F)F)CCN(CC2(CC(=O)O)CC2)CC1. The Morgan fingerprint density at radius 3 is 2.47 bits per heavy atom. The van der Waals surface area contributed by atoms with E-state index in [1.54, 1.807) is 10.9 Å². The van der Waals surface area contributed by atoms with Crippen LogP contribution in [0, 0.1) is 5.41 Å². The van der Waals surface area contributed by atoms with Gasteiger partial charge in [-0.1, -0.05) is 25.4 Å². The van der Waals surface area contributed by atoms with Crippen LogP contribution in [0.1, 0.15) is 57.6 Å². The number of halogens is 3. The van der Waals surface area contributed by atoms with Crippen molar-refractivity contribution in [1.29, 1.82) is 0 Å². The number of carboxylic acid groups (broad SMARTS) is 1. The molecule has 0 bridgehead atoms. The van der Waals surface area contributed by atoms with E-state index in [0.29, 0.717) is 32.5 Å². The number of aromatic nitrogens is 2. The normalized spacial score (nSPS) is 18.9. The van der Waals surface area contributed by atoms with Crippen LogP contribution < -0.4 is 10.1 Å². The molecule has 0 atom stereocenters. The number of nitrogens with one attached hydrogen (secondary N) is 1. The topological polar surface area (TPSA) is 96.7 Å². The minimum atomic E-state index is -3.07. The van der Waals surface area contributed by atoms with Crippen LogP contribution in [-0.4, -0.2) is 57.9 Å². The number of aliphatic carboxylic acids is 1. The molecule has 4 rings (SSSR count). The summed E-state index contributed by atoms with van der Waals surface area (Å²) >= 11 is 5.96. The highest BCUT2D eigenvalue weighted by Crippen LogP contribution is 2.50. The fourth-order valence-electron chi connectivity index (χ4n) is 5.12. The molecule has 2 aliphatic rings. The van der Waals surface area contributed by atoms with E-state index in [9.17, 15) is 23.5 Å². The van der Waals surface area contributed by atoms with Gasteiger partial charge in [0.15, 0.2) is 5.75 Å². The monoisotopic (exact) mass is 524 g/mol. The van der Waals surface area contributed by atoms with E-state index in [2.05, 4.69) is 20.1 Å². The van der Waals surface area contributed by atoms with Gasteiger partial charge in [-0.3, -0.25) is 14.3 Å². The molecule has 2 aromatic rings. The number of hydrogen-bond donors (Lipinski definition) is 2. The first-order chi connectivity index (χ1) is 17.0. The van der Waals surface area contributed by atoms with Gasteiger partial charge in [0.25, 0.3) is 5.91 Å². The van der Waals surface area contributed by atoms with Crippen LogP contribution in [0.5, 0.6) is 5.75 Å². The van der Waals surface area contributed by atoms with Gasteiger partial charge >= 0.3 is 12.6 Å². The molecule has 0 radical (unpaired) electrons. The molecule has 2 heterocycles. The summed E-state index contributed by atoms with van der Waals surface area (Å²) in [6.07, 6.45) is 4.46. The smallest absolute Gasteiger partial charge is 0.387 e. The molecule has 1 saturated carbocycles. The number of carbonyl (C=O) groups excluding carboxylic acids is 1. The molecule has 8 nitrogen and oxygen atoms in total. The lowest BCUT2D eigenvalue weighted by Crippen LogP contribution is -2.55. The van der Waals surface area contributed by atoms with E-state index < -0.39 is 18.1 Å². The lowest BCUT2D eigenvalue weighted by atomic mass is 9.84. The Balaban J connectivity index is 1.60. The number of likely N-dealkylation sites (tertiary alicyclic amines) is 1. The third-order valence-electron chi connectivity index (χ3n) is 7.23. The molecule has 0 unspecified atom stereocenters. The van der Waals surface area contributed by atoms with Gasteiger partial charge in [-0.15, -0.1) is 0 Å². The van der Waals surface area contributed by atoms with E-state index in [1.807, 2.05) is 19.9 Å². The number of rotatable bonds is 10. The summed E-state index contributed by atoms with van der Waals surface area (Å²) in [6, 6.07) is 6.06. The summed E-state index contributed by atoms with van der Waals surface area (Å²) in [5.41, 5.74) is -0.245. The number of benzene rings is 1. The van der Waals surface area contributed by atoms with Crippen molar-refractivity contribution in [3.05, 3.63) is 41.2 Å². The molecule has 196 valence electrons. The second kappa shape index (κ2) is 10.3. The number of amides is 1. The molecule has 36 heavy (non-hydrogen) atoms. The van der Waals surface area contributed by atoms with Crippen molar-refractivity contribution in [2.75, 3.05) is 25.0 Å². The number of alkyl halides is 2. The number of anilines is 1. The molecule has 1 amide bonds. The van der Waals surface area contributed by atoms with E-state index in [1.165, 1.54) is 18.2 Å². The lowest BCUT2D eigenvalue weighted by molar-refractivity contribution is -0.138. The quantitative estimate of drug-likeness (QED) is 0.456. The zero-order chi connectivity index (χ0) is 26.1. The van der Waals surface area contributed by atoms with Crippen molar-refractivity contribution in [2.24, 2.45) is 5.41 Å². The molecule has 2 fully saturated rings. The maximum absolute atomic E-state index is 13.9. The van der Waals surface area contributed by atoms with Crippen molar-refractivity contribution in [2.45, 2.75) is 64.0 Å². The number of nitrogens with zero attached hydrogens (tertiary/aromatic N) is 3. The summed E-state index contributed by atoms with van der Waals surface area (Å²) in [7, 11) is 0. The maximum Gasteiger partial charge on any atom is 0.387 e. The predicted octanol–water partition coefficient (Wildman–Crippen LogP) is 4.95. The summed E-state index contributed by atoms with van der Waals surface area (Å²) in [5, 5.41) is 16.8. The van der Waals surface area contributed by atoms with Gasteiger partial charge in [-0.2, -0.15) is 13.9 Å². The van der Waals surface area contributed by atoms with Gasteiger partial charge in [0.05, 0.1) is 12.1 Å². The van der Waals surface area contributed by atoms with Crippen LogP contribution in [0.15, 0.2) is 30.5 Å². The van der Waals surface area contributed by atoms with Crippen LogP contribution in [-0.2, 0) is 15.1 Å². The highest BCUT2D eigenvalue weighted by Gasteiger charge is 2.49. The average molecular weight is 525 g/mol. The fraction of sp³-hybridized carbons (Fsp3) is 0.560. The summed E-state index contributed by atoms with van der Waals surface area (Å²) < 4.78 is 32.3. The second-order valence-electron chi connectivity index (χ2n) is 10.2. The van der Waals surface area contributed by atoms with Crippen LogP contribution >= 0.6 is 11.6 Å². The standard InChI is InChI=1S/C25H31ClF2N4O4/c1-16(2)19-5-10-29-32(19)25(8-11-31(12-9-25)15-24(6-7-24)14-21(33)34)22(35)30-18-4-3-17(26)13-20(18)36-23(27)28/h3-5,10,13,16,23H,6-9,11-12,14-15H2,1-2H3,(H,30,35)(H,33,34). The van der Waals surface area contributed by atoms with Gasteiger partial charge < -0.3 is 20.1 Å². The lowest BCUT2D eigenvalue weighted by Gasteiger charge is -2.42. The number of carbonyl (C=O) groups is 2. The number of piperidine rings is 1. The molecule has 1 aromatic heterocycles. The van der Waals surface area contributed by atoms with Crippen LogP contribution in [0.2, 0.25) is 5.02 Å². The van der Waals surface area contributed by atoms with Gasteiger partial charge in [0, 0.05) is 42.6 Å². The number of hydrogen-bond acceptors (Lipinski definition) is 5. The van der Waals surface area contributed by atoms with E-state index in [0.717, 1.165) is 18.5 Å². The minimum Gasteiger partial charge on any atom is -0.481 e. The van der Waals surface area contributed by atoms with E-state index >= 15 is 0 Å². The first kappa shape index (κ1) is 26.3. The first-order valence-corrected chi connectivity index (χ1v) is 12.5. The Hall–Kier alpha value is -2.72.